The molecule has 20 rings (SSSR count). The van der Waals surface area contributed by atoms with E-state index in [1.165, 1.54) is 92.6 Å². The monoisotopic (exact) mass is 1370 g/mol. The van der Waals surface area contributed by atoms with Crippen molar-refractivity contribution >= 4 is 64.6 Å². The molecule has 16 aromatic carbocycles. The molecule has 0 saturated heterocycles. The maximum atomic E-state index is 5.31. The van der Waals surface area contributed by atoms with Crippen LogP contribution in [0.15, 0.2) is 401 Å². The fourth-order valence-electron chi connectivity index (χ4n) is 15.6. The van der Waals surface area contributed by atoms with Crippen LogP contribution in [-0.4, -0.2) is 29.9 Å². The number of hydrogen-bond acceptors (Lipinski definition) is 6. The van der Waals surface area contributed by atoms with E-state index in [2.05, 4.69) is 374 Å². The van der Waals surface area contributed by atoms with Crippen LogP contribution in [0, 0.1) is 0 Å². The third kappa shape index (κ3) is 12.3. The third-order valence-corrected chi connectivity index (χ3v) is 20.7. The predicted molar refractivity (Wildman–Crippen MR) is 450 cm³/mol. The van der Waals surface area contributed by atoms with Crippen molar-refractivity contribution < 1.29 is 0 Å². The lowest BCUT2D eigenvalue weighted by Crippen LogP contribution is -1.97. The van der Waals surface area contributed by atoms with Gasteiger partial charge in [0.1, 0.15) is 0 Å². The summed E-state index contributed by atoms with van der Waals surface area (Å²) in [5, 5.41) is 14.5. The Morgan fingerprint density at radius 2 is 0.472 bits per heavy atom. The number of benzene rings is 16. The SMILES string of the molecule is c1ccc(-c2c3ccccc3c(-c3cccc(-c4nc(-c5ccc(-c6cccnc6)cc5)cc(-c5ccc6ccccc6c5)n4)c3)c3ccccc23)cc1.c1ccc(-c2c3ccccc3c(-c3cccc(-c4nc(-c5ccc(-c6cccnc6)cc5)cc(-c5cccc6ccccc56)n4)c3)c3ccccc23)cc1. The summed E-state index contributed by atoms with van der Waals surface area (Å²) in [4.78, 5) is 29.7. The first-order chi connectivity index (χ1) is 53.5. The Hall–Kier alpha value is -14.5. The summed E-state index contributed by atoms with van der Waals surface area (Å²) in [5.41, 5.74) is 23.6. The van der Waals surface area contributed by atoms with Gasteiger partial charge in [-0.3, -0.25) is 9.97 Å². The van der Waals surface area contributed by atoms with Gasteiger partial charge in [0.05, 0.1) is 22.8 Å². The number of hydrogen-bond donors (Lipinski definition) is 0. The van der Waals surface area contributed by atoms with E-state index in [1.807, 2.05) is 24.5 Å². The van der Waals surface area contributed by atoms with E-state index in [9.17, 15) is 0 Å². The van der Waals surface area contributed by atoms with E-state index in [0.717, 1.165) is 94.9 Å². The standard InChI is InChI=1S/2C51H33N3/c1-2-14-37(15-3-1)49-43-21-6-8-23-45(43)50(46-24-9-7-22-44(46)49)38-17-10-18-39(31-38)51-53-47(36-28-26-34(27-29-36)40-19-12-30-52-33-40)32-48(54-51)42-25-11-16-35-13-4-5-20-41(35)42;1-2-13-37(14-3-1)49-43-19-6-8-21-45(43)50(46-22-9-7-20-44(46)49)40-16-10-17-41(31-40)51-53-47(36-26-23-35(24-27-36)42-18-11-29-52-33-42)32-48(54-51)39-28-25-34-12-4-5-15-38(34)30-39/h2*1-33H. The van der Waals surface area contributed by atoms with Gasteiger partial charge in [0.15, 0.2) is 11.6 Å². The van der Waals surface area contributed by atoms with Crippen molar-refractivity contribution in [2.75, 3.05) is 0 Å². The third-order valence-electron chi connectivity index (χ3n) is 20.7. The molecule has 0 aliphatic rings. The lowest BCUT2D eigenvalue weighted by molar-refractivity contribution is 1.18. The fraction of sp³-hybridized carbons (Fsp3) is 0. The first kappa shape index (κ1) is 64.4. The van der Waals surface area contributed by atoms with E-state index >= 15 is 0 Å². The van der Waals surface area contributed by atoms with Gasteiger partial charge < -0.3 is 0 Å². The second kappa shape index (κ2) is 28.3. The summed E-state index contributed by atoms with van der Waals surface area (Å²) >= 11 is 0. The largest absolute Gasteiger partial charge is 0.264 e. The number of aromatic nitrogens is 6. The Morgan fingerprint density at radius 1 is 0.157 bits per heavy atom. The lowest BCUT2D eigenvalue weighted by Gasteiger charge is -2.18. The summed E-state index contributed by atoms with van der Waals surface area (Å²) < 4.78 is 0. The van der Waals surface area contributed by atoms with Gasteiger partial charge in [-0.1, -0.05) is 334 Å². The van der Waals surface area contributed by atoms with Crippen molar-refractivity contribution in [3.05, 3.63) is 401 Å². The van der Waals surface area contributed by atoms with Crippen LogP contribution in [0.5, 0.6) is 0 Å². The van der Waals surface area contributed by atoms with Crippen molar-refractivity contribution in [1.29, 1.82) is 0 Å². The molecule has 0 N–H and O–H groups in total. The molecule has 0 amide bonds. The number of nitrogens with zero attached hydrogens (tertiary/aromatic N) is 6. The van der Waals surface area contributed by atoms with Crippen molar-refractivity contribution in [2.24, 2.45) is 0 Å². The van der Waals surface area contributed by atoms with E-state index < -0.39 is 0 Å². The molecule has 4 aromatic heterocycles. The zero-order valence-corrected chi connectivity index (χ0v) is 58.8. The summed E-state index contributed by atoms with van der Waals surface area (Å²) in [6, 6.07) is 133. The Bertz CT molecular complexity index is 6640. The fourth-order valence-corrected chi connectivity index (χ4v) is 15.6. The Balaban J connectivity index is 0.000000147. The molecular weight excluding hydrogens is 1310 g/mol. The molecule has 108 heavy (non-hydrogen) atoms. The topological polar surface area (TPSA) is 77.3 Å². The highest BCUT2D eigenvalue weighted by molar-refractivity contribution is 6.23. The molecular formula is C102H66N6. The first-order valence-electron chi connectivity index (χ1n) is 36.5. The minimum absolute atomic E-state index is 0.683. The predicted octanol–water partition coefficient (Wildman–Crippen LogP) is 26.7. The van der Waals surface area contributed by atoms with E-state index in [-0.39, 0.29) is 0 Å². The molecule has 0 saturated carbocycles. The Labute approximate surface area is 626 Å². The summed E-state index contributed by atoms with van der Waals surface area (Å²) in [5.74, 6) is 1.37. The number of pyridine rings is 2. The normalized spacial score (nSPS) is 11.3. The molecule has 0 aliphatic heterocycles. The second-order valence-corrected chi connectivity index (χ2v) is 27.2. The van der Waals surface area contributed by atoms with Crippen LogP contribution >= 0.6 is 0 Å². The average Bonchev–Trinajstić information content (AvgIpc) is 0.740. The van der Waals surface area contributed by atoms with Crippen LogP contribution in [0.25, 0.3) is 199 Å². The Morgan fingerprint density at radius 3 is 0.917 bits per heavy atom. The second-order valence-electron chi connectivity index (χ2n) is 27.2. The zero-order chi connectivity index (χ0) is 71.7. The zero-order valence-electron chi connectivity index (χ0n) is 58.8. The van der Waals surface area contributed by atoms with Gasteiger partial charge in [0, 0.05) is 58.2 Å². The molecule has 0 bridgehead atoms. The molecule has 6 heteroatoms. The molecule has 0 unspecified atom stereocenters. The number of rotatable bonds is 12. The minimum Gasteiger partial charge on any atom is -0.264 e. The minimum atomic E-state index is 0.683. The van der Waals surface area contributed by atoms with Gasteiger partial charge in [-0.05, 0) is 174 Å². The molecule has 0 aliphatic carbocycles. The molecule has 20 aromatic rings. The van der Waals surface area contributed by atoms with Crippen molar-refractivity contribution in [1.82, 2.24) is 29.9 Å². The van der Waals surface area contributed by atoms with Crippen molar-refractivity contribution in [3.8, 4) is 135 Å². The van der Waals surface area contributed by atoms with Gasteiger partial charge in [0.25, 0.3) is 0 Å². The quantitative estimate of drug-likeness (QED) is 0.113. The van der Waals surface area contributed by atoms with Crippen LogP contribution in [-0.2, 0) is 0 Å². The van der Waals surface area contributed by atoms with Gasteiger partial charge in [0.2, 0.25) is 0 Å². The Kier molecular flexibility index (Phi) is 16.9. The van der Waals surface area contributed by atoms with Crippen LogP contribution in [0.2, 0.25) is 0 Å². The summed E-state index contributed by atoms with van der Waals surface area (Å²) in [6.45, 7) is 0. The molecule has 6 nitrogen and oxygen atoms in total. The van der Waals surface area contributed by atoms with Gasteiger partial charge in [-0.15, -0.1) is 0 Å². The molecule has 0 radical (unpaired) electrons. The van der Waals surface area contributed by atoms with E-state index in [0.29, 0.717) is 11.6 Å². The molecule has 504 valence electrons. The van der Waals surface area contributed by atoms with Crippen LogP contribution in [0.4, 0.5) is 0 Å². The molecule has 0 spiro atoms. The number of fused-ring (bicyclic) bond motifs is 6. The van der Waals surface area contributed by atoms with Crippen LogP contribution in [0.1, 0.15) is 0 Å². The van der Waals surface area contributed by atoms with Crippen LogP contribution in [0.3, 0.4) is 0 Å². The highest BCUT2D eigenvalue weighted by atomic mass is 14.9. The average molecular weight is 1380 g/mol. The van der Waals surface area contributed by atoms with Crippen molar-refractivity contribution in [3.63, 3.8) is 0 Å². The smallest absolute Gasteiger partial charge is 0.160 e. The van der Waals surface area contributed by atoms with Gasteiger partial charge >= 0.3 is 0 Å². The lowest BCUT2D eigenvalue weighted by atomic mass is 9.85. The van der Waals surface area contributed by atoms with Crippen LogP contribution < -0.4 is 0 Å². The highest BCUT2D eigenvalue weighted by Crippen LogP contribution is 2.47. The molecule has 4 heterocycles. The van der Waals surface area contributed by atoms with E-state index in [4.69, 9.17) is 19.9 Å². The molecule has 0 fully saturated rings. The first-order valence-corrected chi connectivity index (χ1v) is 36.5. The van der Waals surface area contributed by atoms with Gasteiger partial charge in [-0.2, -0.15) is 0 Å². The molecule has 0 atom stereocenters. The van der Waals surface area contributed by atoms with E-state index in [1.54, 1.807) is 12.4 Å². The highest BCUT2D eigenvalue weighted by Gasteiger charge is 2.22. The van der Waals surface area contributed by atoms with Crippen molar-refractivity contribution in [2.45, 2.75) is 0 Å². The summed E-state index contributed by atoms with van der Waals surface area (Å²) in [7, 11) is 0. The maximum Gasteiger partial charge on any atom is 0.160 e. The summed E-state index contributed by atoms with van der Waals surface area (Å²) in [6.07, 6.45) is 7.39. The van der Waals surface area contributed by atoms with Gasteiger partial charge in [-0.25, -0.2) is 19.9 Å². The maximum absolute atomic E-state index is 5.31.